The van der Waals surface area contributed by atoms with E-state index in [0.29, 0.717) is 6.61 Å². The molecule has 0 amide bonds. The number of benzene rings is 1. The van der Waals surface area contributed by atoms with E-state index >= 15 is 0 Å². The van der Waals surface area contributed by atoms with Crippen LogP contribution in [0.1, 0.15) is 25.7 Å². The summed E-state index contributed by atoms with van der Waals surface area (Å²) in [5.41, 5.74) is 0.920. The number of esters is 1. The predicted octanol–water partition coefficient (Wildman–Crippen LogP) is 1.39. The minimum atomic E-state index is -1.17. The molecule has 0 radical (unpaired) electrons. The van der Waals surface area contributed by atoms with Crippen molar-refractivity contribution < 1.29 is 28.8 Å². The third-order valence-corrected chi connectivity index (χ3v) is 4.06. The van der Waals surface area contributed by atoms with E-state index in [1.54, 1.807) is 0 Å². The van der Waals surface area contributed by atoms with Gasteiger partial charge in [-0.15, -0.1) is 0 Å². The van der Waals surface area contributed by atoms with Crippen LogP contribution in [0.15, 0.2) is 30.3 Å². The molecule has 3 rings (SSSR count). The van der Waals surface area contributed by atoms with Gasteiger partial charge in [0.1, 0.15) is 6.10 Å². The highest BCUT2D eigenvalue weighted by Crippen LogP contribution is 2.37. The second-order valence-corrected chi connectivity index (χ2v) is 5.67. The van der Waals surface area contributed by atoms with Crippen molar-refractivity contribution >= 4 is 5.97 Å². The molecular weight excluding hydrogens is 288 g/mol. The van der Waals surface area contributed by atoms with Gasteiger partial charge in [-0.1, -0.05) is 37.3 Å². The maximum absolute atomic E-state index is 11.2. The number of aliphatic hydroxyl groups is 1. The number of fused-ring (bicyclic) bond motifs is 1. The van der Waals surface area contributed by atoms with Crippen LogP contribution in [0.3, 0.4) is 0 Å². The van der Waals surface area contributed by atoms with E-state index in [1.165, 1.54) is 6.92 Å². The first-order valence-electron chi connectivity index (χ1n) is 7.39. The average Bonchev–Trinajstić information content (AvgIpc) is 2.52. The van der Waals surface area contributed by atoms with Crippen molar-refractivity contribution in [1.82, 2.24) is 0 Å². The molecule has 0 aliphatic carbocycles. The molecule has 4 unspecified atom stereocenters. The van der Waals surface area contributed by atoms with Crippen LogP contribution >= 0.6 is 0 Å². The smallest absolute Gasteiger partial charge is 0.303 e. The number of hydrogen-bond donors (Lipinski definition) is 1. The highest BCUT2D eigenvalue weighted by Gasteiger charge is 2.48. The quantitative estimate of drug-likeness (QED) is 0.832. The van der Waals surface area contributed by atoms with Crippen molar-refractivity contribution in [1.29, 1.82) is 0 Å². The molecular formula is C16H20O6. The molecule has 2 saturated heterocycles. The Morgan fingerprint density at radius 2 is 2.00 bits per heavy atom. The molecule has 22 heavy (non-hydrogen) atoms. The summed E-state index contributed by atoms with van der Waals surface area (Å²) in [4.78, 5) is 11.2. The maximum atomic E-state index is 11.2. The van der Waals surface area contributed by atoms with Gasteiger partial charge in [-0.3, -0.25) is 4.79 Å². The Balaban J connectivity index is 1.75. The van der Waals surface area contributed by atoms with Gasteiger partial charge in [0.05, 0.1) is 12.7 Å². The Bertz CT molecular complexity index is 519. The summed E-state index contributed by atoms with van der Waals surface area (Å²) < 4.78 is 22.3. The zero-order valence-electron chi connectivity index (χ0n) is 12.5. The summed E-state index contributed by atoms with van der Waals surface area (Å²) in [6.07, 6.45) is -3.08. The fraction of sp³-hybridized carbons (Fsp3) is 0.562. The average molecular weight is 308 g/mol. The van der Waals surface area contributed by atoms with Crippen molar-refractivity contribution in [3.05, 3.63) is 35.9 Å². The lowest BCUT2D eigenvalue weighted by Gasteiger charge is -2.46. The molecule has 2 aliphatic heterocycles. The fourth-order valence-corrected chi connectivity index (χ4v) is 2.97. The monoisotopic (exact) mass is 308 g/mol. The Kier molecular flexibility index (Phi) is 4.44. The van der Waals surface area contributed by atoms with Gasteiger partial charge < -0.3 is 24.1 Å². The maximum Gasteiger partial charge on any atom is 0.303 e. The molecule has 2 aliphatic rings. The van der Waals surface area contributed by atoms with Crippen LogP contribution in [-0.4, -0.2) is 42.3 Å². The van der Waals surface area contributed by atoms with Crippen LogP contribution in [0.25, 0.3) is 0 Å². The van der Waals surface area contributed by atoms with Gasteiger partial charge in [0.25, 0.3) is 0 Å². The van der Waals surface area contributed by atoms with Crippen LogP contribution in [0.2, 0.25) is 0 Å². The highest BCUT2D eigenvalue weighted by molar-refractivity contribution is 5.66. The van der Waals surface area contributed by atoms with E-state index in [-0.39, 0.29) is 18.1 Å². The van der Waals surface area contributed by atoms with Crippen LogP contribution in [0.5, 0.6) is 0 Å². The van der Waals surface area contributed by atoms with Crippen LogP contribution in [0, 0.1) is 5.92 Å². The van der Waals surface area contributed by atoms with Crippen LogP contribution < -0.4 is 0 Å². The number of carbonyl (C=O) groups is 1. The molecule has 6 nitrogen and oxygen atoms in total. The number of hydrogen-bond acceptors (Lipinski definition) is 6. The van der Waals surface area contributed by atoms with Gasteiger partial charge in [0.15, 0.2) is 18.7 Å². The Hall–Kier alpha value is -1.47. The lowest BCUT2D eigenvalue weighted by molar-refractivity contribution is -0.345. The molecule has 2 fully saturated rings. The van der Waals surface area contributed by atoms with Crippen molar-refractivity contribution in [2.45, 2.75) is 44.7 Å². The summed E-state index contributed by atoms with van der Waals surface area (Å²) in [6.45, 7) is 3.51. The van der Waals surface area contributed by atoms with Gasteiger partial charge in [-0.05, 0) is 0 Å². The zero-order chi connectivity index (χ0) is 15.7. The fourth-order valence-electron chi connectivity index (χ4n) is 2.97. The number of rotatable bonds is 2. The normalized spacial score (nSPS) is 38.1. The largest absolute Gasteiger partial charge is 0.457 e. The van der Waals surface area contributed by atoms with Crippen molar-refractivity contribution in [2.75, 3.05) is 6.61 Å². The molecule has 6 heteroatoms. The van der Waals surface area contributed by atoms with Gasteiger partial charge >= 0.3 is 5.97 Å². The molecule has 1 aromatic rings. The number of ether oxygens (including phenoxy) is 4. The molecule has 0 aromatic heterocycles. The van der Waals surface area contributed by atoms with E-state index in [2.05, 4.69) is 0 Å². The SMILES string of the molecule is CC(=O)OC1C(C)[C@H]2OC(c3ccccc3)OCC2O[C@H]1O. The van der Waals surface area contributed by atoms with Crippen LogP contribution in [0.4, 0.5) is 0 Å². The molecule has 6 atom stereocenters. The first-order chi connectivity index (χ1) is 10.6. The molecule has 1 aromatic carbocycles. The zero-order valence-corrected chi connectivity index (χ0v) is 12.5. The predicted molar refractivity (Wildman–Crippen MR) is 75.6 cm³/mol. The number of aliphatic hydroxyl groups excluding tert-OH is 1. The third kappa shape index (κ3) is 3.01. The number of carbonyl (C=O) groups excluding carboxylic acids is 1. The molecule has 0 saturated carbocycles. The minimum absolute atomic E-state index is 0.201. The van der Waals surface area contributed by atoms with E-state index in [0.717, 1.165) is 5.56 Å². The first-order valence-corrected chi connectivity index (χ1v) is 7.39. The summed E-state index contributed by atoms with van der Waals surface area (Å²) in [5, 5.41) is 10.00. The first kappa shape index (κ1) is 15.4. The van der Waals surface area contributed by atoms with Crippen molar-refractivity contribution in [3.8, 4) is 0 Å². The topological polar surface area (TPSA) is 74.2 Å². The Labute approximate surface area is 128 Å². The molecule has 0 spiro atoms. The van der Waals surface area contributed by atoms with Gasteiger partial charge in [0, 0.05) is 18.4 Å². The van der Waals surface area contributed by atoms with E-state index < -0.39 is 24.7 Å². The lowest BCUT2D eigenvalue weighted by Crippen LogP contribution is -2.58. The minimum Gasteiger partial charge on any atom is -0.457 e. The molecule has 1 N–H and O–H groups in total. The van der Waals surface area contributed by atoms with E-state index in [4.69, 9.17) is 18.9 Å². The molecule has 2 heterocycles. The lowest BCUT2D eigenvalue weighted by atomic mass is 9.90. The highest BCUT2D eigenvalue weighted by atomic mass is 16.7. The standard InChI is InChI=1S/C16H20O6/c1-9-13-12(21-15(18)14(9)20-10(2)17)8-19-16(22-13)11-6-4-3-5-7-11/h3-7,9,12-16,18H,8H2,1-2H3/t9?,12?,13-,14?,15-,16?/m1/s1. The summed E-state index contributed by atoms with van der Waals surface area (Å²) >= 11 is 0. The molecule has 0 bridgehead atoms. The second-order valence-electron chi connectivity index (χ2n) is 5.67. The van der Waals surface area contributed by atoms with Crippen LogP contribution in [-0.2, 0) is 23.7 Å². The van der Waals surface area contributed by atoms with E-state index in [9.17, 15) is 9.90 Å². The Morgan fingerprint density at radius 3 is 2.68 bits per heavy atom. The summed E-state index contributed by atoms with van der Waals surface area (Å²) in [5.74, 6) is -0.655. The van der Waals surface area contributed by atoms with Crippen molar-refractivity contribution in [2.24, 2.45) is 5.92 Å². The summed E-state index contributed by atoms with van der Waals surface area (Å²) in [7, 11) is 0. The van der Waals surface area contributed by atoms with Gasteiger partial charge in [0.2, 0.25) is 0 Å². The van der Waals surface area contributed by atoms with Gasteiger partial charge in [-0.2, -0.15) is 0 Å². The van der Waals surface area contributed by atoms with Gasteiger partial charge in [-0.25, -0.2) is 0 Å². The van der Waals surface area contributed by atoms with E-state index in [1.807, 2.05) is 37.3 Å². The van der Waals surface area contributed by atoms with Crippen molar-refractivity contribution in [3.63, 3.8) is 0 Å². The molecule has 120 valence electrons. The second kappa shape index (κ2) is 6.34. The Morgan fingerprint density at radius 1 is 1.27 bits per heavy atom. The third-order valence-electron chi connectivity index (χ3n) is 4.06. The summed E-state index contributed by atoms with van der Waals surface area (Å²) in [6, 6.07) is 9.62.